The fourth-order valence-electron chi connectivity index (χ4n) is 0.566. The van der Waals surface area contributed by atoms with E-state index in [9.17, 15) is 0 Å². The summed E-state index contributed by atoms with van der Waals surface area (Å²) in [6, 6.07) is 4.88. The van der Waals surface area contributed by atoms with Crippen LogP contribution in [0.25, 0.3) is 0 Å². The average molecular weight is 443 g/mol. The van der Waals surface area contributed by atoms with Crippen molar-refractivity contribution in [3.05, 3.63) is 44.4 Å². The largest absolute Gasteiger partial charge is 0.759 e. The molecule has 0 radical (unpaired) electrons. The molecule has 1 aromatic rings. The molecule has 0 amide bonds. The van der Waals surface area contributed by atoms with Gasteiger partial charge in [-0.3, -0.25) is 8.42 Å². The van der Waals surface area contributed by atoms with Crippen LogP contribution in [0.3, 0.4) is 0 Å². The van der Waals surface area contributed by atoms with Crippen LogP contribution in [0, 0.1) is 15.3 Å². The fourth-order valence-corrected chi connectivity index (χ4v) is 1.05. The zero-order valence-corrected chi connectivity index (χ0v) is 15.7. The van der Waals surface area contributed by atoms with Gasteiger partial charge in [0.25, 0.3) is 0 Å². The number of hydrogen-bond donors (Lipinski definition) is 3. The molecule has 0 aliphatic carbocycles. The normalized spacial score (nSPS) is 9.13. The fraction of sp³-hybridized carbons (Fsp3) is 0.167. The summed E-state index contributed by atoms with van der Waals surface area (Å²) in [6.45, 7) is 0. The van der Waals surface area contributed by atoms with E-state index in [1.807, 2.05) is 0 Å². The lowest BCUT2D eigenvalue weighted by atomic mass is 10.4. The van der Waals surface area contributed by atoms with Gasteiger partial charge in [-0.15, -0.1) is 0 Å². The second kappa shape index (κ2) is 14.8. The highest BCUT2D eigenvalue weighted by Crippen LogP contribution is 2.36. The van der Waals surface area contributed by atoms with Gasteiger partial charge in [0.15, 0.2) is 0 Å². The molecule has 0 unspecified atom stereocenters. The molecule has 0 fully saturated rings. The first-order valence-corrected chi connectivity index (χ1v) is 6.76. The number of hydrogen-bond acceptors (Lipinski definition) is 8. The Balaban J connectivity index is -0.0000000778. The van der Waals surface area contributed by atoms with Gasteiger partial charge in [-0.25, -0.2) is 4.98 Å². The molecule has 23 heavy (non-hydrogen) atoms. The van der Waals surface area contributed by atoms with Crippen LogP contribution in [0.4, 0.5) is 0 Å². The van der Waals surface area contributed by atoms with E-state index in [4.69, 9.17) is 79.2 Å². The highest BCUT2D eigenvalue weighted by Gasteiger charge is 2.24. The SMILES string of the molecule is Clc1cccc(C(Cl)(Cl)Cl)n1.O=S(=O)([O-])[O-].O=[N+]([O-])[O-].[NH4+].[NH4+].[NH4+]. The van der Waals surface area contributed by atoms with Gasteiger partial charge < -0.3 is 42.9 Å². The first-order chi connectivity index (χ1) is 8.73. The number of rotatable bonds is 0. The Morgan fingerprint density at radius 2 is 1.35 bits per heavy atom. The third kappa shape index (κ3) is 33.9. The molecular formula is C6H15Cl4N5O7S. The summed E-state index contributed by atoms with van der Waals surface area (Å²) in [5.41, 5.74) is 0.329. The molecule has 1 aromatic heterocycles. The van der Waals surface area contributed by atoms with Crippen LogP contribution in [-0.2, 0) is 14.2 Å². The summed E-state index contributed by atoms with van der Waals surface area (Å²) >= 11 is 22.2. The lowest BCUT2D eigenvalue weighted by molar-refractivity contribution is -0.402. The third-order valence-electron chi connectivity index (χ3n) is 1.01. The highest BCUT2D eigenvalue weighted by molar-refractivity contribution is 7.79. The van der Waals surface area contributed by atoms with E-state index in [0.29, 0.717) is 10.8 Å². The minimum absolute atomic E-state index is 0. The maximum Gasteiger partial charge on any atom is 0.232 e. The zero-order chi connectivity index (χ0) is 16.6. The van der Waals surface area contributed by atoms with Crippen molar-refractivity contribution in [2.45, 2.75) is 3.79 Å². The highest BCUT2D eigenvalue weighted by atomic mass is 35.6. The number of halogens is 4. The molecule has 0 spiro atoms. The minimum Gasteiger partial charge on any atom is -0.759 e. The maximum atomic E-state index is 8.52. The van der Waals surface area contributed by atoms with Crippen LogP contribution in [0.15, 0.2) is 18.2 Å². The van der Waals surface area contributed by atoms with Crippen molar-refractivity contribution in [1.29, 1.82) is 0 Å². The van der Waals surface area contributed by atoms with Crippen molar-refractivity contribution in [3.8, 4) is 0 Å². The predicted molar refractivity (Wildman–Crippen MR) is 87.3 cm³/mol. The van der Waals surface area contributed by atoms with E-state index in [-0.39, 0.29) is 18.5 Å². The minimum atomic E-state index is -5.17. The first-order valence-electron chi connectivity index (χ1n) is 3.91. The summed E-state index contributed by atoms with van der Waals surface area (Å²) in [7, 11) is -5.17. The molecule has 12 N–H and O–H groups in total. The van der Waals surface area contributed by atoms with Gasteiger partial charge >= 0.3 is 0 Å². The van der Waals surface area contributed by atoms with Crippen LogP contribution in [0.2, 0.25) is 5.15 Å². The topological polar surface area (TPSA) is 269 Å². The summed E-state index contributed by atoms with van der Waals surface area (Å²) in [4.78, 5) is 12.1. The molecule has 0 aromatic carbocycles. The quantitative estimate of drug-likeness (QED) is 0.133. The molecular weight excluding hydrogens is 428 g/mol. The van der Waals surface area contributed by atoms with Gasteiger partial charge in [-0.05, 0) is 12.1 Å². The summed E-state index contributed by atoms with van der Waals surface area (Å²) in [5.74, 6) is 0. The Labute approximate surface area is 151 Å². The zero-order valence-electron chi connectivity index (χ0n) is 11.9. The Bertz CT molecular complexity index is 528. The average Bonchev–Trinajstić information content (AvgIpc) is 2.12. The first kappa shape index (κ1) is 33.8. The van der Waals surface area contributed by atoms with Gasteiger partial charge in [-0.2, -0.15) is 0 Å². The molecule has 17 heteroatoms. The van der Waals surface area contributed by atoms with E-state index < -0.39 is 19.3 Å². The van der Waals surface area contributed by atoms with E-state index >= 15 is 0 Å². The molecule has 1 rings (SSSR count). The Hall–Kier alpha value is -0.740. The summed E-state index contributed by atoms with van der Waals surface area (Å²) in [6.07, 6.45) is 0. The number of nitrogens with zero attached hydrogens (tertiary/aromatic N) is 2. The molecule has 0 saturated heterocycles. The van der Waals surface area contributed by atoms with Crippen molar-refractivity contribution in [2.75, 3.05) is 0 Å². The molecule has 0 aliphatic rings. The van der Waals surface area contributed by atoms with Crippen LogP contribution in [0.1, 0.15) is 5.69 Å². The van der Waals surface area contributed by atoms with E-state index in [2.05, 4.69) is 4.98 Å². The number of alkyl halides is 3. The van der Waals surface area contributed by atoms with Crippen molar-refractivity contribution in [2.24, 2.45) is 0 Å². The lowest BCUT2D eigenvalue weighted by Crippen LogP contribution is -2.02. The maximum absolute atomic E-state index is 8.52. The molecule has 140 valence electrons. The number of aromatic nitrogens is 1. The van der Waals surface area contributed by atoms with Gasteiger partial charge in [0.05, 0.1) is 10.8 Å². The van der Waals surface area contributed by atoms with Crippen molar-refractivity contribution >= 4 is 56.8 Å². The lowest BCUT2D eigenvalue weighted by Gasteiger charge is -2.08. The van der Waals surface area contributed by atoms with Gasteiger partial charge in [-0.1, -0.05) is 52.5 Å². The molecule has 0 saturated carbocycles. The van der Waals surface area contributed by atoms with Crippen LogP contribution in [-0.4, -0.2) is 27.6 Å². The standard InChI is InChI=1S/C6H3Cl4N.NO3.3H3N.H2O4S/c7-5-3-1-2-4(11-5)6(8,9)10;2-1(3)4;;;;1-5(2,3)4/h1-3H;;3*1H3;(H2,1,2,3,4)/q;-1;;;;/p+1. The van der Waals surface area contributed by atoms with Crippen molar-refractivity contribution < 1.29 is 22.6 Å². The monoisotopic (exact) mass is 441 g/mol. The second-order valence-corrected chi connectivity index (χ2v) is 5.96. The Morgan fingerprint density at radius 1 is 1.04 bits per heavy atom. The number of quaternary nitrogens is 3. The molecule has 0 bridgehead atoms. The Kier molecular flexibility index (Phi) is 21.8. The Morgan fingerprint density at radius 3 is 1.52 bits per heavy atom. The second-order valence-electron chi connectivity index (χ2n) is 2.48. The predicted octanol–water partition coefficient (Wildman–Crippen LogP) is 3.11. The smallest absolute Gasteiger partial charge is 0.232 e. The molecule has 12 nitrogen and oxygen atoms in total. The van der Waals surface area contributed by atoms with Crippen molar-refractivity contribution in [3.63, 3.8) is 0 Å². The van der Waals surface area contributed by atoms with Gasteiger partial charge in [0, 0.05) is 10.4 Å². The van der Waals surface area contributed by atoms with Crippen LogP contribution in [0.5, 0.6) is 0 Å². The van der Waals surface area contributed by atoms with Crippen LogP contribution >= 0.6 is 46.4 Å². The van der Waals surface area contributed by atoms with E-state index in [0.717, 1.165) is 0 Å². The van der Waals surface area contributed by atoms with Crippen molar-refractivity contribution in [1.82, 2.24) is 23.4 Å². The summed E-state index contributed by atoms with van der Waals surface area (Å²) in [5, 5.41) is 15.1. The summed E-state index contributed by atoms with van der Waals surface area (Å²) < 4.78 is 32.6. The van der Waals surface area contributed by atoms with E-state index in [1.54, 1.807) is 18.2 Å². The molecule has 1 heterocycles. The molecule has 0 aliphatic heterocycles. The molecule has 0 atom stereocenters. The van der Waals surface area contributed by atoms with Crippen LogP contribution < -0.4 is 18.5 Å². The van der Waals surface area contributed by atoms with Gasteiger partial charge in [0.1, 0.15) is 5.15 Å². The third-order valence-corrected chi connectivity index (χ3v) is 1.80. The van der Waals surface area contributed by atoms with E-state index in [1.165, 1.54) is 0 Å². The van der Waals surface area contributed by atoms with Gasteiger partial charge in [0.2, 0.25) is 3.79 Å². The number of pyridine rings is 1.